The Hall–Kier alpha value is -1.08. The summed E-state index contributed by atoms with van der Waals surface area (Å²) in [5.74, 6) is 0.326. The molecule has 2 aliphatic carbocycles. The molecule has 0 amide bonds. The molecule has 2 N–H and O–H groups in total. The number of halogens is 3. The first-order valence-corrected chi connectivity index (χ1v) is 6.92. The monoisotopic (exact) mass is 289 g/mol. The maximum absolute atomic E-state index is 12.6. The van der Waals surface area contributed by atoms with E-state index >= 15 is 0 Å². The lowest BCUT2D eigenvalue weighted by molar-refractivity contribution is -0.141. The molecule has 1 heterocycles. The molecule has 0 saturated heterocycles. The molecule has 112 valence electrons. The van der Waals surface area contributed by atoms with Gasteiger partial charge in [-0.25, -0.2) is 0 Å². The smallest absolute Gasteiger partial charge is 0.394 e. The molecule has 1 aromatic rings. The highest BCUT2D eigenvalue weighted by Gasteiger charge is 2.48. The maximum atomic E-state index is 12.6. The van der Waals surface area contributed by atoms with E-state index in [1.165, 1.54) is 10.9 Å². The van der Waals surface area contributed by atoms with Crippen molar-refractivity contribution in [2.24, 2.45) is 5.92 Å². The van der Waals surface area contributed by atoms with E-state index in [4.69, 9.17) is 0 Å². The van der Waals surface area contributed by atoms with Crippen LogP contribution in [0.15, 0.2) is 12.3 Å². The number of aliphatic hydroxyl groups is 1. The average Bonchev–Trinajstić information content (AvgIpc) is 3.27. The van der Waals surface area contributed by atoms with E-state index < -0.39 is 17.4 Å². The molecule has 2 saturated carbocycles. The Bertz CT molecular complexity index is 479. The molecular formula is C13H18F3N3O. The number of alkyl halides is 3. The lowest BCUT2D eigenvalue weighted by Gasteiger charge is -2.33. The summed E-state index contributed by atoms with van der Waals surface area (Å²) in [6.45, 7) is 0.204. The Kier molecular flexibility index (Phi) is 3.29. The van der Waals surface area contributed by atoms with Crippen LogP contribution in [0, 0.1) is 5.92 Å². The number of hydrogen-bond acceptors (Lipinski definition) is 3. The van der Waals surface area contributed by atoms with Crippen LogP contribution in [-0.4, -0.2) is 33.1 Å². The Morgan fingerprint density at radius 2 is 2.00 bits per heavy atom. The summed E-state index contributed by atoms with van der Waals surface area (Å²) >= 11 is 0. The van der Waals surface area contributed by atoms with Crippen molar-refractivity contribution in [3.05, 3.63) is 18.0 Å². The second kappa shape index (κ2) is 4.73. The van der Waals surface area contributed by atoms with Crippen molar-refractivity contribution in [3.8, 4) is 0 Å². The van der Waals surface area contributed by atoms with Crippen LogP contribution < -0.4 is 5.32 Å². The van der Waals surface area contributed by atoms with E-state index in [1.807, 2.05) is 0 Å². The summed E-state index contributed by atoms with van der Waals surface area (Å²) in [5, 5.41) is 16.8. The minimum absolute atomic E-state index is 0.0740. The third-order valence-electron chi connectivity index (χ3n) is 4.09. The van der Waals surface area contributed by atoms with Crippen LogP contribution in [0.4, 0.5) is 13.2 Å². The van der Waals surface area contributed by atoms with Crippen molar-refractivity contribution >= 4 is 0 Å². The highest BCUT2D eigenvalue weighted by Crippen LogP contribution is 2.42. The van der Waals surface area contributed by atoms with Gasteiger partial charge < -0.3 is 10.4 Å². The van der Waals surface area contributed by atoms with Gasteiger partial charge in [-0.15, -0.1) is 0 Å². The molecule has 1 unspecified atom stereocenters. The number of aromatic nitrogens is 2. The van der Waals surface area contributed by atoms with Crippen LogP contribution in [0.2, 0.25) is 0 Å². The molecule has 0 aromatic carbocycles. The lowest BCUT2D eigenvalue weighted by atomic mass is 9.93. The minimum atomic E-state index is -4.42. The first kappa shape index (κ1) is 13.9. The van der Waals surface area contributed by atoms with Crippen molar-refractivity contribution in [3.63, 3.8) is 0 Å². The second-order valence-electron chi connectivity index (χ2n) is 5.90. The van der Waals surface area contributed by atoms with Crippen molar-refractivity contribution in [2.75, 3.05) is 6.61 Å². The Labute approximate surface area is 115 Å². The minimum Gasteiger partial charge on any atom is -0.394 e. The number of rotatable bonds is 6. The zero-order valence-corrected chi connectivity index (χ0v) is 11.0. The first-order chi connectivity index (χ1) is 9.43. The van der Waals surface area contributed by atoms with Gasteiger partial charge in [0.1, 0.15) is 0 Å². The van der Waals surface area contributed by atoms with Crippen LogP contribution in [0.1, 0.15) is 31.4 Å². The van der Waals surface area contributed by atoms with Crippen LogP contribution in [0.5, 0.6) is 0 Å². The summed E-state index contributed by atoms with van der Waals surface area (Å²) in [6, 6.07) is 1.37. The van der Waals surface area contributed by atoms with E-state index in [2.05, 4.69) is 10.4 Å². The molecule has 0 spiro atoms. The van der Waals surface area contributed by atoms with Gasteiger partial charge >= 0.3 is 6.18 Å². The van der Waals surface area contributed by atoms with Crippen LogP contribution in [0.25, 0.3) is 0 Å². The number of aliphatic hydroxyl groups excluding tert-OH is 1. The zero-order chi connectivity index (χ0) is 14.4. The van der Waals surface area contributed by atoms with Gasteiger partial charge in [0.2, 0.25) is 0 Å². The topological polar surface area (TPSA) is 50.1 Å². The predicted molar refractivity (Wildman–Crippen MR) is 65.9 cm³/mol. The summed E-state index contributed by atoms with van der Waals surface area (Å²) in [4.78, 5) is 0. The Morgan fingerprint density at radius 1 is 1.30 bits per heavy atom. The molecule has 4 nitrogen and oxygen atoms in total. The molecule has 20 heavy (non-hydrogen) atoms. The fraction of sp³-hybridized carbons (Fsp3) is 0.769. The number of nitrogens with zero attached hydrogens (tertiary/aromatic N) is 2. The maximum Gasteiger partial charge on any atom is 0.435 e. The Morgan fingerprint density at radius 3 is 2.45 bits per heavy atom. The highest BCUT2D eigenvalue weighted by atomic mass is 19.4. The number of nitrogens with one attached hydrogen (secondary N) is 1. The molecule has 1 atom stereocenters. The molecule has 3 rings (SSSR count). The van der Waals surface area contributed by atoms with Crippen LogP contribution in [-0.2, 0) is 12.7 Å². The third-order valence-corrected chi connectivity index (χ3v) is 4.09. The molecule has 2 fully saturated rings. The van der Waals surface area contributed by atoms with Crippen molar-refractivity contribution < 1.29 is 18.3 Å². The van der Waals surface area contributed by atoms with Gasteiger partial charge in [-0.05, 0) is 37.7 Å². The Balaban J connectivity index is 1.76. The van der Waals surface area contributed by atoms with Crippen molar-refractivity contribution in [2.45, 2.75) is 50.0 Å². The normalized spacial score (nSPS) is 22.8. The molecule has 1 aromatic heterocycles. The van der Waals surface area contributed by atoms with Crippen LogP contribution in [0.3, 0.4) is 0 Å². The summed E-state index contributed by atoms with van der Waals surface area (Å²) in [6.07, 6.45) is 1.07. The first-order valence-electron chi connectivity index (χ1n) is 6.92. The fourth-order valence-electron chi connectivity index (χ4n) is 2.68. The summed E-state index contributed by atoms with van der Waals surface area (Å²) in [5.41, 5.74) is -1.41. The van der Waals surface area contributed by atoms with Gasteiger partial charge in [0.25, 0.3) is 0 Å². The van der Waals surface area contributed by atoms with Crippen molar-refractivity contribution in [1.82, 2.24) is 15.1 Å². The van der Waals surface area contributed by atoms with Gasteiger partial charge in [0, 0.05) is 12.2 Å². The van der Waals surface area contributed by atoms with E-state index in [-0.39, 0.29) is 13.2 Å². The SMILES string of the molecule is OCC(Cn1ccc(C(F)(F)F)n1)(NC1CC1)C1CC1. The van der Waals surface area contributed by atoms with Crippen molar-refractivity contribution in [1.29, 1.82) is 0 Å². The largest absolute Gasteiger partial charge is 0.435 e. The molecule has 7 heteroatoms. The standard InChI is InChI=1S/C13H18F3N3O/c14-13(15,16)11-5-6-19(18-11)7-12(8-20,9-1-2-9)17-10-3-4-10/h5-6,9-10,17,20H,1-4,7-8H2. The average molecular weight is 289 g/mol. The molecule has 0 aliphatic heterocycles. The van der Waals surface area contributed by atoms with Gasteiger partial charge in [0.05, 0.1) is 18.7 Å². The highest BCUT2D eigenvalue weighted by molar-refractivity contribution is 5.07. The van der Waals surface area contributed by atoms with E-state index in [0.717, 1.165) is 31.7 Å². The summed E-state index contributed by atoms with van der Waals surface area (Å²) in [7, 11) is 0. The second-order valence-corrected chi connectivity index (χ2v) is 5.90. The zero-order valence-electron chi connectivity index (χ0n) is 11.0. The van der Waals surface area contributed by atoms with Crippen LogP contribution >= 0.6 is 0 Å². The quantitative estimate of drug-likeness (QED) is 0.839. The molecule has 0 radical (unpaired) electrons. The molecule has 2 aliphatic rings. The lowest BCUT2D eigenvalue weighted by Crippen LogP contribution is -2.54. The molecule has 0 bridgehead atoms. The molecular weight excluding hydrogens is 271 g/mol. The fourth-order valence-corrected chi connectivity index (χ4v) is 2.68. The summed E-state index contributed by atoms with van der Waals surface area (Å²) < 4.78 is 39.0. The van der Waals surface area contributed by atoms with Gasteiger partial charge in [-0.1, -0.05) is 0 Å². The third kappa shape index (κ3) is 2.83. The van der Waals surface area contributed by atoms with Gasteiger partial charge in [0.15, 0.2) is 5.69 Å². The number of hydrogen-bond donors (Lipinski definition) is 2. The van der Waals surface area contributed by atoms with E-state index in [0.29, 0.717) is 12.0 Å². The van der Waals surface area contributed by atoms with Gasteiger partial charge in [-0.3, -0.25) is 4.68 Å². The van der Waals surface area contributed by atoms with E-state index in [9.17, 15) is 18.3 Å². The van der Waals surface area contributed by atoms with Gasteiger partial charge in [-0.2, -0.15) is 18.3 Å². The van der Waals surface area contributed by atoms with E-state index in [1.54, 1.807) is 0 Å². The predicted octanol–water partition coefficient (Wildman–Crippen LogP) is 1.80.